The van der Waals surface area contributed by atoms with Gasteiger partial charge in [-0.3, -0.25) is 4.79 Å². The van der Waals surface area contributed by atoms with Crippen LogP contribution < -0.4 is 4.90 Å². The lowest BCUT2D eigenvalue weighted by molar-refractivity contribution is 0.102. The molecule has 5 nitrogen and oxygen atoms in total. The summed E-state index contributed by atoms with van der Waals surface area (Å²) >= 11 is 2.93. The molecule has 1 aliphatic heterocycles. The van der Waals surface area contributed by atoms with Crippen molar-refractivity contribution in [1.29, 1.82) is 0 Å². The molecule has 2 aromatic rings. The number of hydrogen-bond acceptors (Lipinski definition) is 7. The molecule has 110 valence electrons. The number of thiophene rings is 1. The van der Waals surface area contributed by atoms with Crippen LogP contribution in [0.5, 0.6) is 0 Å². The molecule has 1 fully saturated rings. The van der Waals surface area contributed by atoms with Gasteiger partial charge in [0, 0.05) is 19.2 Å². The highest BCUT2D eigenvalue weighted by Gasteiger charge is 2.14. The summed E-state index contributed by atoms with van der Waals surface area (Å²) in [4.78, 5) is 23.5. The summed E-state index contributed by atoms with van der Waals surface area (Å²) in [7, 11) is 0. The number of nitrogens with zero attached hydrogens (tertiary/aromatic N) is 3. The molecule has 0 radical (unpaired) electrons. The lowest BCUT2D eigenvalue weighted by Gasteiger charge is -2.27. The van der Waals surface area contributed by atoms with Crippen molar-refractivity contribution >= 4 is 34.7 Å². The molecule has 21 heavy (non-hydrogen) atoms. The summed E-state index contributed by atoms with van der Waals surface area (Å²) in [6.07, 6.45) is 1.56. The van der Waals surface area contributed by atoms with E-state index in [1.807, 2.05) is 23.6 Å². The summed E-state index contributed by atoms with van der Waals surface area (Å²) in [6.45, 7) is 3.14. The molecule has 2 aromatic heterocycles. The molecule has 0 saturated carbocycles. The van der Waals surface area contributed by atoms with Crippen LogP contribution in [0.15, 0.2) is 34.9 Å². The highest BCUT2D eigenvalue weighted by Crippen LogP contribution is 2.22. The van der Waals surface area contributed by atoms with Gasteiger partial charge in [-0.2, -0.15) is 0 Å². The molecule has 0 amide bonds. The first kappa shape index (κ1) is 14.5. The van der Waals surface area contributed by atoms with Crippen molar-refractivity contribution in [3.8, 4) is 0 Å². The molecule has 0 aliphatic carbocycles. The number of aromatic nitrogens is 2. The van der Waals surface area contributed by atoms with Crippen LogP contribution in [0.3, 0.4) is 0 Å². The van der Waals surface area contributed by atoms with E-state index in [-0.39, 0.29) is 5.78 Å². The van der Waals surface area contributed by atoms with Gasteiger partial charge in [0.2, 0.25) is 0 Å². The lowest BCUT2D eigenvalue weighted by atomic mass is 10.4. The van der Waals surface area contributed by atoms with Crippen LogP contribution in [0.1, 0.15) is 9.67 Å². The molecule has 0 unspecified atom stereocenters. The number of hydrogen-bond donors (Lipinski definition) is 0. The molecule has 0 aromatic carbocycles. The Morgan fingerprint density at radius 1 is 1.38 bits per heavy atom. The molecule has 7 heteroatoms. The van der Waals surface area contributed by atoms with Crippen LogP contribution in [0.25, 0.3) is 0 Å². The summed E-state index contributed by atoms with van der Waals surface area (Å²) in [5.41, 5.74) is 0. The lowest BCUT2D eigenvalue weighted by Crippen LogP contribution is -2.36. The van der Waals surface area contributed by atoms with Crippen molar-refractivity contribution in [3.05, 3.63) is 34.8 Å². The maximum atomic E-state index is 12.0. The van der Waals surface area contributed by atoms with E-state index in [4.69, 9.17) is 4.74 Å². The van der Waals surface area contributed by atoms with Gasteiger partial charge in [-0.15, -0.1) is 11.3 Å². The first-order chi connectivity index (χ1) is 10.3. The third-order valence-electron chi connectivity index (χ3n) is 3.11. The predicted octanol–water partition coefficient (Wildman–Crippen LogP) is 2.35. The van der Waals surface area contributed by atoms with Crippen LogP contribution in [0.2, 0.25) is 0 Å². The second-order valence-electron chi connectivity index (χ2n) is 4.50. The van der Waals surface area contributed by atoms with Crippen LogP contribution in [0.4, 0.5) is 5.82 Å². The summed E-state index contributed by atoms with van der Waals surface area (Å²) in [5.74, 6) is 1.45. The average molecular weight is 321 g/mol. The summed E-state index contributed by atoms with van der Waals surface area (Å²) < 4.78 is 5.34. The van der Waals surface area contributed by atoms with Gasteiger partial charge in [0.25, 0.3) is 0 Å². The third-order valence-corrected chi connectivity index (χ3v) is 4.95. The number of anilines is 1. The fraction of sp³-hybridized carbons (Fsp3) is 0.357. The quantitative estimate of drug-likeness (QED) is 0.479. The van der Waals surface area contributed by atoms with Crippen LogP contribution >= 0.6 is 23.1 Å². The smallest absolute Gasteiger partial charge is 0.183 e. The van der Waals surface area contributed by atoms with Gasteiger partial charge in [-0.1, -0.05) is 17.8 Å². The van der Waals surface area contributed by atoms with Gasteiger partial charge in [0.15, 0.2) is 5.78 Å². The van der Waals surface area contributed by atoms with Gasteiger partial charge in [0.05, 0.1) is 23.8 Å². The molecule has 1 aliphatic rings. The number of ketones is 1. The molecular formula is C14H15N3O2S2. The van der Waals surface area contributed by atoms with E-state index in [9.17, 15) is 4.79 Å². The number of carbonyl (C=O) groups excluding carboxylic acids is 1. The van der Waals surface area contributed by atoms with E-state index < -0.39 is 0 Å². The number of ether oxygens (including phenoxy) is 1. The highest BCUT2D eigenvalue weighted by atomic mass is 32.2. The minimum atomic E-state index is 0.140. The van der Waals surface area contributed by atoms with Crippen molar-refractivity contribution in [2.24, 2.45) is 0 Å². The van der Waals surface area contributed by atoms with Gasteiger partial charge >= 0.3 is 0 Å². The van der Waals surface area contributed by atoms with Crippen LogP contribution in [-0.4, -0.2) is 47.8 Å². The Balaban J connectivity index is 1.62. The normalized spacial score (nSPS) is 15.1. The first-order valence-electron chi connectivity index (χ1n) is 6.67. The van der Waals surface area contributed by atoms with Crippen molar-refractivity contribution in [1.82, 2.24) is 9.97 Å². The van der Waals surface area contributed by atoms with E-state index >= 15 is 0 Å². The topological polar surface area (TPSA) is 55.3 Å². The maximum absolute atomic E-state index is 12.0. The molecule has 0 atom stereocenters. The van der Waals surface area contributed by atoms with Gasteiger partial charge in [-0.05, 0) is 11.4 Å². The predicted molar refractivity (Wildman–Crippen MR) is 84.4 cm³/mol. The summed E-state index contributed by atoms with van der Waals surface area (Å²) in [5, 5.41) is 2.75. The first-order valence-corrected chi connectivity index (χ1v) is 8.54. The van der Waals surface area contributed by atoms with Crippen LogP contribution in [-0.2, 0) is 4.74 Å². The second-order valence-corrected chi connectivity index (χ2v) is 6.45. The Morgan fingerprint density at radius 2 is 2.24 bits per heavy atom. The Kier molecular flexibility index (Phi) is 4.84. The van der Waals surface area contributed by atoms with E-state index in [2.05, 4.69) is 14.9 Å². The zero-order valence-electron chi connectivity index (χ0n) is 11.4. The Labute approximate surface area is 131 Å². The van der Waals surface area contributed by atoms with Crippen LogP contribution in [0, 0.1) is 0 Å². The highest BCUT2D eigenvalue weighted by molar-refractivity contribution is 8.00. The van der Waals surface area contributed by atoms with Crippen molar-refractivity contribution in [2.45, 2.75) is 5.03 Å². The number of rotatable bonds is 5. The number of thioether (sulfide) groups is 1. The molecule has 3 rings (SSSR count). The monoisotopic (exact) mass is 321 g/mol. The number of carbonyl (C=O) groups is 1. The second kappa shape index (κ2) is 7.02. The van der Waals surface area contributed by atoms with Crippen molar-refractivity contribution < 1.29 is 9.53 Å². The Hall–Kier alpha value is -1.44. The number of Topliss-reactive ketones (excluding diaryl/α,β-unsaturated/α-hetero) is 1. The zero-order chi connectivity index (χ0) is 14.5. The maximum Gasteiger partial charge on any atom is 0.183 e. The molecule has 0 spiro atoms. The molecule has 1 saturated heterocycles. The van der Waals surface area contributed by atoms with E-state index in [1.54, 1.807) is 6.33 Å². The minimum Gasteiger partial charge on any atom is -0.378 e. The van der Waals surface area contributed by atoms with Gasteiger partial charge in [0.1, 0.15) is 17.2 Å². The van der Waals surface area contributed by atoms with E-state index in [1.165, 1.54) is 23.1 Å². The Morgan fingerprint density at radius 3 is 3.00 bits per heavy atom. The minimum absolute atomic E-state index is 0.140. The standard InChI is InChI=1S/C14H15N3O2S2/c18-11(12-2-1-7-20-12)9-21-14-8-13(15-10-16-14)17-3-5-19-6-4-17/h1-2,7-8,10H,3-6,9H2. The fourth-order valence-corrected chi connectivity index (χ4v) is 3.52. The molecule has 0 bridgehead atoms. The largest absolute Gasteiger partial charge is 0.378 e. The SMILES string of the molecule is O=C(CSc1cc(N2CCOCC2)ncn1)c1cccs1. The van der Waals surface area contributed by atoms with E-state index in [0.29, 0.717) is 5.75 Å². The Bertz CT molecular complexity index is 598. The van der Waals surface area contributed by atoms with Gasteiger partial charge < -0.3 is 9.64 Å². The fourth-order valence-electron chi connectivity index (χ4n) is 2.02. The van der Waals surface area contributed by atoms with Crippen molar-refractivity contribution in [2.75, 3.05) is 37.0 Å². The zero-order valence-corrected chi connectivity index (χ0v) is 13.0. The van der Waals surface area contributed by atoms with E-state index in [0.717, 1.165) is 42.0 Å². The van der Waals surface area contributed by atoms with Crippen molar-refractivity contribution in [3.63, 3.8) is 0 Å². The van der Waals surface area contributed by atoms with Gasteiger partial charge in [-0.25, -0.2) is 9.97 Å². The molecule has 3 heterocycles. The average Bonchev–Trinajstić information content (AvgIpc) is 3.08. The third kappa shape index (κ3) is 3.81. The molecule has 0 N–H and O–H groups in total. The number of morpholine rings is 1. The summed E-state index contributed by atoms with van der Waals surface area (Å²) in [6, 6.07) is 5.69. The molecular weight excluding hydrogens is 306 g/mol.